The van der Waals surface area contributed by atoms with Gasteiger partial charge in [0, 0.05) is 12.8 Å². The largest absolute Gasteiger partial charge is 0.462 e. The van der Waals surface area contributed by atoms with Crippen LogP contribution in [-0.4, -0.2) is 89.0 Å². The van der Waals surface area contributed by atoms with Crippen LogP contribution in [0.2, 0.25) is 0 Å². The van der Waals surface area contributed by atoms with Crippen molar-refractivity contribution in [1.82, 2.24) is 0 Å². The highest BCUT2D eigenvalue weighted by Crippen LogP contribution is 2.22. The Labute approximate surface area is 321 Å². The number of aliphatic hydroxyl groups is 4. The lowest BCUT2D eigenvalue weighted by atomic mass is 9.99. The number of hydrogen-bond acceptors (Lipinski definition) is 10. The van der Waals surface area contributed by atoms with Gasteiger partial charge in [0.2, 0.25) is 0 Å². The highest BCUT2D eigenvalue weighted by Gasteiger charge is 2.44. The van der Waals surface area contributed by atoms with E-state index < -0.39 is 49.4 Å². The lowest BCUT2D eigenvalue weighted by molar-refractivity contribution is -0.305. The smallest absolute Gasteiger partial charge is 0.306 e. The van der Waals surface area contributed by atoms with E-state index in [1.165, 1.54) is 77.0 Å². The number of unbranched alkanes of at least 4 members (excludes halogenated alkanes) is 17. The molecule has 0 spiro atoms. The lowest BCUT2D eigenvalue weighted by Crippen LogP contribution is -2.59. The summed E-state index contributed by atoms with van der Waals surface area (Å²) in [6, 6.07) is 0. The van der Waals surface area contributed by atoms with Gasteiger partial charge in [-0.15, -0.1) is 0 Å². The highest BCUT2D eigenvalue weighted by atomic mass is 16.7. The molecule has 0 bridgehead atoms. The van der Waals surface area contributed by atoms with Gasteiger partial charge in [0.25, 0.3) is 0 Å². The molecule has 0 aromatic heterocycles. The van der Waals surface area contributed by atoms with Crippen LogP contribution in [0.4, 0.5) is 0 Å². The minimum atomic E-state index is -1.60. The Kier molecular flexibility index (Phi) is 31.8. The molecule has 1 aliphatic heterocycles. The molecule has 0 radical (unpaired) electrons. The van der Waals surface area contributed by atoms with Crippen LogP contribution in [0.3, 0.4) is 0 Å². The maximum atomic E-state index is 12.7. The molecule has 53 heavy (non-hydrogen) atoms. The average molecular weight is 753 g/mol. The van der Waals surface area contributed by atoms with Crippen LogP contribution >= 0.6 is 0 Å². The number of esters is 2. The number of allylic oxidation sites excluding steroid dienone is 6. The van der Waals surface area contributed by atoms with Crippen LogP contribution in [-0.2, 0) is 28.5 Å². The van der Waals surface area contributed by atoms with E-state index in [4.69, 9.17) is 18.9 Å². The average Bonchev–Trinajstić information content (AvgIpc) is 3.15. The third-order valence-corrected chi connectivity index (χ3v) is 9.53. The molecule has 308 valence electrons. The molecule has 0 aromatic rings. The van der Waals surface area contributed by atoms with E-state index in [1.54, 1.807) is 0 Å². The molecule has 0 aliphatic carbocycles. The zero-order valence-electron chi connectivity index (χ0n) is 33.3. The summed E-state index contributed by atoms with van der Waals surface area (Å²) in [5.74, 6) is -0.832. The van der Waals surface area contributed by atoms with E-state index in [2.05, 4.69) is 50.3 Å². The fourth-order valence-corrected chi connectivity index (χ4v) is 6.13. The molecule has 6 atom stereocenters. The van der Waals surface area contributed by atoms with Crippen molar-refractivity contribution < 1.29 is 49.0 Å². The van der Waals surface area contributed by atoms with Gasteiger partial charge in [-0.1, -0.05) is 140 Å². The molecule has 0 saturated carbocycles. The quantitative estimate of drug-likeness (QED) is 0.0287. The molecule has 2 unspecified atom stereocenters. The highest BCUT2D eigenvalue weighted by molar-refractivity contribution is 5.70. The van der Waals surface area contributed by atoms with Crippen molar-refractivity contribution in [2.24, 2.45) is 0 Å². The standard InChI is InChI=1S/C43H76O10/c1-3-5-7-9-11-13-15-16-17-18-19-20-22-24-26-28-30-32-39(46)52-36(35-51-43-42(49)41(48)40(47)37(33-44)53-43)34-50-38(45)31-29-27-25-23-21-14-12-10-8-6-4-2/h11,13,16-17,19-20,36-37,40-44,47-49H,3-10,12,14-15,18,21-35H2,1-2H3/b13-11+,17-16+,20-19+/t36-,37-,40+,41?,42?,43-/m1/s1. The molecule has 1 fully saturated rings. The third-order valence-electron chi connectivity index (χ3n) is 9.53. The number of carbonyl (C=O) groups is 2. The summed E-state index contributed by atoms with van der Waals surface area (Å²) in [7, 11) is 0. The number of ether oxygens (including phenoxy) is 4. The van der Waals surface area contributed by atoms with E-state index in [1.807, 2.05) is 0 Å². The van der Waals surface area contributed by atoms with Crippen molar-refractivity contribution >= 4 is 11.9 Å². The summed E-state index contributed by atoms with van der Waals surface area (Å²) >= 11 is 0. The van der Waals surface area contributed by atoms with Crippen molar-refractivity contribution in [3.05, 3.63) is 36.5 Å². The summed E-state index contributed by atoms with van der Waals surface area (Å²) in [4.78, 5) is 25.2. The van der Waals surface area contributed by atoms with Crippen molar-refractivity contribution in [2.75, 3.05) is 19.8 Å². The van der Waals surface area contributed by atoms with Crippen molar-refractivity contribution in [1.29, 1.82) is 0 Å². The Balaban J connectivity index is 2.38. The first-order chi connectivity index (χ1) is 25.8. The molecule has 1 saturated heterocycles. The Morgan fingerprint density at radius 2 is 1.06 bits per heavy atom. The van der Waals surface area contributed by atoms with Crippen LogP contribution in [0.15, 0.2) is 36.5 Å². The summed E-state index contributed by atoms with van der Waals surface area (Å²) in [6.45, 7) is 3.35. The second kappa shape index (κ2) is 34.4. The Hall–Kier alpha value is -2.08. The fourth-order valence-electron chi connectivity index (χ4n) is 6.13. The molecule has 1 heterocycles. The van der Waals surface area contributed by atoms with E-state index in [0.29, 0.717) is 6.42 Å². The fraction of sp³-hybridized carbons (Fsp3) is 0.814. The Bertz CT molecular complexity index is 965. The molecular formula is C43H76O10. The molecule has 1 aliphatic rings. The molecule has 0 amide bonds. The van der Waals surface area contributed by atoms with E-state index in [0.717, 1.165) is 57.8 Å². The lowest BCUT2D eigenvalue weighted by Gasteiger charge is -2.39. The van der Waals surface area contributed by atoms with Crippen LogP contribution in [0.5, 0.6) is 0 Å². The molecule has 4 N–H and O–H groups in total. The SMILES string of the molecule is CCCCC/C=C/C/C=C/C/C=C/CCCCCCC(=O)O[C@H](COC(=O)CCCCCCCCCCCCC)CO[C@@H]1O[C@H](CO)[C@H](O)C(O)C1O. The zero-order valence-corrected chi connectivity index (χ0v) is 33.3. The van der Waals surface area contributed by atoms with Crippen LogP contribution in [0, 0.1) is 0 Å². The molecule has 1 rings (SSSR count). The van der Waals surface area contributed by atoms with E-state index in [-0.39, 0.29) is 32.0 Å². The van der Waals surface area contributed by atoms with Crippen molar-refractivity contribution in [3.8, 4) is 0 Å². The number of carbonyl (C=O) groups excluding carboxylic acids is 2. The topological polar surface area (TPSA) is 152 Å². The van der Waals surface area contributed by atoms with Gasteiger partial charge < -0.3 is 39.4 Å². The monoisotopic (exact) mass is 753 g/mol. The van der Waals surface area contributed by atoms with Gasteiger partial charge in [-0.3, -0.25) is 9.59 Å². The van der Waals surface area contributed by atoms with E-state index in [9.17, 15) is 30.0 Å². The normalized spacial score (nSPS) is 21.2. The first-order valence-electron chi connectivity index (χ1n) is 21.1. The summed E-state index contributed by atoms with van der Waals surface area (Å²) in [5.41, 5.74) is 0. The summed E-state index contributed by atoms with van der Waals surface area (Å²) in [5, 5.41) is 40.0. The van der Waals surface area contributed by atoms with Crippen molar-refractivity contribution in [2.45, 2.75) is 205 Å². The van der Waals surface area contributed by atoms with Gasteiger partial charge in [-0.05, 0) is 51.4 Å². The number of aliphatic hydroxyl groups excluding tert-OH is 4. The Morgan fingerprint density at radius 3 is 1.62 bits per heavy atom. The summed E-state index contributed by atoms with van der Waals surface area (Å²) in [6.07, 6.45) is 30.1. The van der Waals surface area contributed by atoms with Gasteiger partial charge >= 0.3 is 11.9 Å². The molecular weight excluding hydrogens is 676 g/mol. The molecule has 10 heteroatoms. The minimum Gasteiger partial charge on any atom is -0.462 e. The second-order valence-corrected chi connectivity index (χ2v) is 14.4. The first kappa shape index (κ1) is 48.9. The number of rotatable bonds is 34. The zero-order chi connectivity index (χ0) is 38.8. The van der Waals surface area contributed by atoms with Gasteiger partial charge in [-0.2, -0.15) is 0 Å². The first-order valence-corrected chi connectivity index (χ1v) is 21.1. The minimum absolute atomic E-state index is 0.205. The third kappa shape index (κ3) is 26.4. The number of hydrogen-bond donors (Lipinski definition) is 4. The maximum absolute atomic E-state index is 12.7. The van der Waals surface area contributed by atoms with Gasteiger partial charge in [0.1, 0.15) is 31.0 Å². The van der Waals surface area contributed by atoms with Crippen molar-refractivity contribution in [3.63, 3.8) is 0 Å². The van der Waals surface area contributed by atoms with Crippen LogP contribution in [0.1, 0.15) is 168 Å². The summed E-state index contributed by atoms with van der Waals surface area (Å²) < 4.78 is 22.1. The predicted octanol–water partition coefficient (Wildman–Crippen LogP) is 8.33. The van der Waals surface area contributed by atoms with Gasteiger partial charge in [0.15, 0.2) is 12.4 Å². The molecule has 10 nitrogen and oxygen atoms in total. The molecule has 0 aromatic carbocycles. The van der Waals surface area contributed by atoms with E-state index >= 15 is 0 Å². The second-order valence-electron chi connectivity index (χ2n) is 14.4. The maximum Gasteiger partial charge on any atom is 0.306 e. The predicted molar refractivity (Wildman–Crippen MR) is 210 cm³/mol. The Morgan fingerprint density at radius 1 is 0.585 bits per heavy atom. The van der Waals surface area contributed by atoms with Gasteiger partial charge in [0.05, 0.1) is 13.2 Å². The van der Waals surface area contributed by atoms with Crippen LogP contribution in [0.25, 0.3) is 0 Å². The van der Waals surface area contributed by atoms with Gasteiger partial charge in [-0.25, -0.2) is 0 Å². The van der Waals surface area contributed by atoms with Crippen LogP contribution < -0.4 is 0 Å².